The first-order valence-electron chi connectivity index (χ1n) is 10.4. The lowest BCUT2D eigenvalue weighted by atomic mass is 9.69. The molecule has 0 aromatic heterocycles. The van der Waals surface area contributed by atoms with Crippen molar-refractivity contribution in [2.45, 2.75) is 37.5 Å². The standard InChI is InChI=1S/C21H25NO2.C3H5NO3/c1-24-19-13-7-6-12-18(19)20(23)22-16-21(14-8-3-9-15-21)17-10-4-2-5-11-17;5-2-1-4-3(6)7/h2,4-7,10-13H,3,8-9,14-16H2,1H3,(H,22,23);2,4H,1H2,(H,6,7). The maximum atomic E-state index is 12.6. The summed E-state index contributed by atoms with van der Waals surface area (Å²) in [6.07, 6.45) is 5.29. The lowest BCUT2D eigenvalue weighted by molar-refractivity contribution is -0.107. The molecule has 0 atom stereocenters. The average Bonchev–Trinajstić information content (AvgIpc) is 2.82. The van der Waals surface area contributed by atoms with Crippen molar-refractivity contribution in [1.29, 1.82) is 0 Å². The summed E-state index contributed by atoms with van der Waals surface area (Å²) in [5.41, 5.74) is 1.99. The van der Waals surface area contributed by atoms with Crippen LogP contribution in [0.1, 0.15) is 48.0 Å². The molecule has 0 saturated heterocycles. The molecule has 2 aromatic carbocycles. The molecule has 7 heteroatoms. The number of ether oxygens (including phenoxy) is 1. The SMILES string of the molecule is COc1ccccc1C(=O)NCC1(c2ccccc2)CCCCC1.O=CCNC(=O)O. The first-order chi connectivity index (χ1) is 15.0. The second kappa shape index (κ2) is 12.4. The zero-order valence-electron chi connectivity index (χ0n) is 17.8. The summed E-state index contributed by atoms with van der Waals surface area (Å²) in [6, 6.07) is 18.0. The normalized spacial score (nSPS) is 14.4. The van der Waals surface area contributed by atoms with Crippen molar-refractivity contribution in [1.82, 2.24) is 10.6 Å². The quantitative estimate of drug-likeness (QED) is 0.585. The van der Waals surface area contributed by atoms with Crippen LogP contribution in [0.3, 0.4) is 0 Å². The Morgan fingerprint density at radius 1 is 1.00 bits per heavy atom. The number of methoxy groups -OCH3 is 1. The highest BCUT2D eigenvalue weighted by atomic mass is 16.5. The summed E-state index contributed by atoms with van der Waals surface area (Å²) in [5.74, 6) is 0.556. The lowest BCUT2D eigenvalue weighted by Crippen LogP contribution is -2.42. The number of rotatable bonds is 7. The summed E-state index contributed by atoms with van der Waals surface area (Å²) in [4.78, 5) is 31.5. The predicted octanol–water partition coefficient (Wildman–Crippen LogP) is 3.78. The first-order valence-corrected chi connectivity index (χ1v) is 10.4. The van der Waals surface area contributed by atoms with E-state index in [2.05, 4.69) is 29.6 Å². The van der Waals surface area contributed by atoms with E-state index >= 15 is 0 Å². The highest BCUT2D eigenvalue weighted by Gasteiger charge is 2.34. The third kappa shape index (κ3) is 7.13. The van der Waals surface area contributed by atoms with Crippen LogP contribution in [-0.4, -0.2) is 43.6 Å². The molecule has 2 aromatic rings. The molecule has 31 heavy (non-hydrogen) atoms. The predicted molar refractivity (Wildman–Crippen MR) is 119 cm³/mol. The number of hydrogen-bond donors (Lipinski definition) is 3. The van der Waals surface area contributed by atoms with Crippen molar-refractivity contribution in [2.75, 3.05) is 20.2 Å². The number of aldehydes is 1. The number of carbonyl (C=O) groups excluding carboxylic acids is 2. The highest BCUT2D eigenvalue weighted by Crippen LogP contribution is 2.39. The van der Waals surface area contributed by atoms with Gasteiger partial charge in [0, 0.05) is 12.0 Å². The Bertz CT molecular complexity index is 848. The van der Waals surface area contributed by atoms with Gasteiger partial charge >= 0.3 is 6.09 Å². The maximum absolute atomic E-state index is 12.6. The number of carboxylic acid groups (broad SMARTS) is 1. The van der Waals surface area contributed by atoms with Crippen molar-refractivity contribution in [3.05, 3.63) is 65.7 Å². The van der Waals surface area contributed by atoms with Crippen LogP contribution >= 0.6 is 0 Å². The van der Waals surface area contributed by atoms with E-state index in [1.807, 2.05) is 35.6 Å². The van der Waals surface area contributed by atoms with Gasteiger partial charge in [-0.25, -0.2) is 4.79 Å². The molecular weight excluding hydrogens is 396 g/mol. The number of para-hydroxylation sites is 1. The Hall–Kier alpha value is -3.35. The Morgan fingerprint density at radius 2 is 1.65 bits per heavy atom. The lowest BCUT2D eigenvalue weighted by Gasteiger charge is -2.38. The largest absolute Gasteiger partial charge is 0.496 e. The Morgan fingerprint density at radius 3 is 2.23 bits per heavy atom. The van der Waals surface area contributed by atoms with E-state index in [4.69, 9.17) is 9.84 Å². The molecule has 7 nitrogen and oxygen atoms in total. The fourth-order valence-electron chi connectivity index (χ4n) is 3.89. The number of benzene rings is 2. The van der Waals surface area contributed by atoms with Crippen LogP contribution in [0.4, 0.5) is 4.79 Å². The molecule has 1 saturated carbocycles. The topological polar surface area (TPSA) is 105 Å². The summed E-state index contributed by atoms with van der Waals surface area (Å²) in [7, 11) is 1.60. The van der Waals surface area contributed by atoms with Gasteiger partial charge in [0.25, 0.3) is 5.91 Å². The zero-order chi connectivity index (χ0) is 22.5. The second-order valence-electron chi connectivity index (χ2n) is 7.44. The molecule has 0 bridgehead atoms. The van der Waals surface area contributed by atoms with E-state index in [0.29, 0.717) is 24.1 Å². The summed E-state index contributed by atoms with van der Waals surface area (Å²) < 4.78 is 5.31. The van der Waals surface area contributed by atoms with Crippen molar-refractivity contribution in [3.63, 3.8) is 0 Å². The van der Waals surface area contributed by atoms with Gasteiger partial charge in [-0.05, 0) is 30.5 Å². The zero-order valence-corrected chi connectivity index (χ0v) is 17.8. The monoisotopic (exact) mass is 426 g/mol. The molecule has 3 rings (SSSR count). The van der Waals surface area contributed by atoms with Crippen LogP contribution in [-0.2, 0) is 10.2 Å². The van der Waals surface area contributed by atoms with E-state index in [0.717, 1.165) is 12.8 Å². The molecule has 0 aliphatic heterocycles. The molecule has 0 spiro atoms. The molecule has 0 unspecified atom stereocenters. The molecule has 0 radical (unpaired) electrons. The van der Waals surface area contributed by atoms with Crippen molar-refractivity contribution in [2.24, 2.45) is 0 Å². The minimum Gasteiger partial charge on any atom is -0.496 e. The molecule has 3 N–H and O–H groups in total. The Balaban J connectivity index is 0.000000423. The summed E-state index contributed by atoms with van der Waals surface area (Å²) in [6.45, 7) is 0.545. The number of amides is 2. The van der Waals surface area contributed by atoms with E-state index in [1.165, 1.54) is 24.8 Å². The minimum absolute atomic E-state index is 0.0528. The highest BCUT2D eigenvalue weighted by molar-refractivity contribution is 5.96. The van der Waals surface area contributed by atoms with Gasteiger partial charge in [0.15, 0.2) is 0 Å². The smallest absolute Gasteiger partial charge is 0.405 e. The van der Waals surface area contributed by atoms with Crippen molar-refractivity contribution in [3.8, 4) is 5.75 Å². The Kier molecular flexibility index (Phi) is 9.55. The van der Waals surface area contributed by atoms with Gasteiger partial charge in [-0.15, -0.1) is 0 Å². The van der Waals surface area contributed by atoms with Crippen LogP contribution in [0, 0.1) is 0 Å². The molecular formula is C24H30N2O5. The van der Waals surface area contributed by atoms with E-state index in [-0.39, 0.29) is 17.9 Å². The van der Waals surface area contributed by atoms with Gasteiger partial charge < -0.3 is 25.3 Å². The average molecular weight is 427 g/mol. The fraction of sp³-hybridized carbons (Fsp3) is 0.375. The first kappa shape index (κ1) is 23.9. The molecule has 2 amide bonds. The molecule has 1 aliphatic rings. The maximum Gasteiger partial charge on any atom is 0.405 e. The van der Waals surface area contributed by atoms with Gasteiger partial charge in [0.2, 0.25) is 0 Å². The third-order valence-corrected chi connectivity index (χ3v) is 5.47. The number of nitrogens with one attached hydrogen (secondary N) is 2. The number of hydrogen-bond acceptors (Lipinski definition) is 4. The minimum atomic E-state index is -1.17. The molecule has 1 fully saturated rings. The Labute approximate surface area is 182 Å². The van der Waals surface area contributed by atoms with E-state index in [9.17, 15) is 14.4 Å². The fourth-order valence-corrected chi connectivity index (χ4v) is 3.89. The van der Waals surface area contributed by atoms with Crippen LogP contribution in [0.25, 0.3) is 0 Å². The van der Waals surface area contributed by atoms with Gasteiger partial charge in [-0.1, -0.05) is 61.7 Å². The van der Waals surface area contributed by atoms with E-state index in [1.54, 1.807) is 7.11 Å². The second-order valence-corrected chi connectivity index (χ2v) is 7.44. The van der Waals surface area contributed by atoms with Crippen molar-refractivity contribution < 1.29 is 24.2 Å². The van der Waals surface area contributed by atoms with E-state index < -0.39 is 6.09 Å². The summed E-state index contributed by atoms with van der Waals surface area (Å²) >= 11 is 0. The number of carbonyl (C=O) groups is 3. The van der Waals surface area contributed by atoms with Gasteiger partial charge in [-0.2, -0.15) is 0 Å². The van der Waals surface area contributed by atoms with Gasteiger partial charge in [0.1, 0.15) is 12.0 Å². The van der Waals surface area contributed by atoms with Crippen LogP contribution in [0.15, 0.2) is 54.6 Å². The van der Waals surface area contributed by atoms with Crippen LogP contribution in [0.2, 0.25) is 0 Å². The van der Waals surface area contributed by atoms with Crippen LogP contribution in [0.5, 0.6) is 5.75 Å². The third-order valence-electron chi connectivity index (χ3n) is 5.47. The van der Waals surface area contributed by atoms with Crippen LogP contribution < -0.4 is 15.4 Å². The van der Waals surface area contributed by atoms with Gasteiger partial charge in [0.05, 0.1) is 19.2 Å². The molecule has 0 heterocycles. The van der Waals surface area contributed by atoms with Crippen molar-refractivity contribution >= 4 is 18.3 Å². The molecule has 166 valence electrons. The van der Waals surface area contributed by atoms with Gasteiger partial charge in [-0.3, -0.25) is 4.79 Å². The summed E-state index contributed by atoms with van der Waals surface area (Å²) in [5, 5.41) is 12.8. The molecule has 1 aliphatic carbocycles.